The topological polar surface area (TPSA) is 78.3 Å². The minimum Gasteiger partial charge on any atom is -0.489 e. The minimum absolute atomic E-state index is 0.276. The number of fused-ring (bicyclic) bond motifs is 1. The summed E-state index contributed by atoms with van der Waals surface area (Å²) in [4.78, 5) is 18.0. The van der Waals surface area contributed by atoms with Crippen LogP contribution in [-0.4, -0.2) is 26.8 Å². The average molecular weight is 579 g/mol. The van der Waals surface area contributed by atoms with Crippen LogP contribution in [0, 0.1) is 5.82 Å². The molecule has 2 heterocycles. The Bertz CT molecular complexity index is 1550. The fourth-order valence-corrected chi connectivity index (χ4v) is 5.26. The summed E-state index contributed by atoms with van der Waals surface area (Å²) in [5.74, 6) is 0.757. The Hall–Kier alpha value is -3.82. The first kappa shape index (κ1) is 27.7. The van der Waals surface area contributed by atoms with Crippen LogP contribution in [0.2, 0.25) is 5.02 Å². The number of anilines is 1. The van der Waals surface area contributed by atoms with Crippen molar-refractivity contribution >= 4 is 35.3 Å². The Kier molecular flexibility index (Phi) is 8.42. The summed E-state index contributed by atoms with van der Waals surface area (Å²) in [5.41, 5.74) is 3.36. The number of aromatic nitrogens is 3. The Morgan fingerprint density at radius 2 is 1.90 bits per heavy atom. The van der Waals surface area contributed by atoms with Crippen molar-refractivity contribution in [3.8, 4) is 5.75 Å². The Morgan fingerprint density at radius 3 is 2.65 bits per heavy atom. The van der Waals surface area contributed by atoms with E-state index in [2.05, 4.69) is 10.3 Å². The van der Waals surface area contributed by atoms with Crippen molar-refractivity contribution < 1.29 is 18.7 Å². The molecule has 0 saturated carbocycles. The molecule has 3 aromatic carbocycles. The number of hydrogen-bond donors (Lipinski definition) is 1. The van der Waals surface area contributed by atoms with Crippen LogP contribution in [0.25, 0.3) is 0 Å². The summed E-state index contributed by atoms with van der Waals surface area (Å²) in [7, 11) is 0. The van der Waals surface area contributed by atoms with Crippen LogP contribution in [0.4, 0.5) is 10.3 Å². The third-order valence-electron chi connectivity index (χ3n) is 6.20. The largest absolute Gasteiger partial charge is 0.489 e. The zero-order valence-corrected chi connectivity index (χ0v) is 23.8. The van der Waals surface area contributed by atoms with Gasteiger partial charge in [-0.25, -0.2) is 13.9 Å². The molecular weight excluding hydrogens is 551 g/mol. The molecule has 1 unspecified atom stereocenters. The van der Waals surface area contributed by atoms with Crippen molar-refractivity contribution in [1.82, 2.24) is 14.8 Å². The second-order valence-electron chi connectivity index (χ2n) is 9.55. The second-order valence-corrected chi connectivity index (χ2v) is 10.9. The molecule has 1 atom stereocenters. The van der Waals surface area contributed by atoms with Crippen LogP contribution >= 0.6 is 23.4 Å². The molecule has 1 aliphatic heterocycles. The molecule has 206 valence electrons. The van der Waals surface area contributed by atoms with E-state index in [-0.39, 0.29) is 11.9 Å². The third-order valence-corrected chi connectivity index (χ3v) is 7.34. The monoisotopic (exact) mass is 578 g/mol. The van der Waals surface area contributed by atoms with Gasteiger partial charge in [0.1, 0.15) is 24.2 Å². The fraction of sp³-hybridized carbons (Fsp3) is 0.233. The van der Waals surface area contributed by atoms with E-state index in [1.54, 1.807) is 22.9 Å². The van der Waals surface area contributed by atoms with Crippen LogP contribution in [-0.2, 0) is 21.9 Å². The van der Waals surface area contributed by atoms with Gasteiger partial charge in [0, 0.05) is 16.5 Å². The van der Waals surface area contributed by atoms with Gasteiger partial charge in [-0.1, -0.05) is 65.8 Å². The van der Waals surface area contributed by atoms with Gasteiger partial charge in [0.25, 0.3) is 0 Å². The number of esters is 1. The average Bonchev–Trinajstić information content (AvgIpc) is 3.33. The highest BCUT2D eigenvalue weighted by Gasteiger charge is 2.35. The fourth-order valence-electron chi connectivity index (χ4n) is 4.32. The van der Waals surface area contributed by atoms with Gasteiger partial charge < -0.3 is 14.8 Å². The number of thioether (sulfide) groups is 1. The number of halogens is 2. The minimum atomic E-state index is -0.614. The number of nitrogens with one attached hydrogen (secondary N) is 1. The summed E-state index contributed by atoms with van der Waals surface area (Å²) in [5, 5.41) is 9.04. The highest BCUT2D eigenvalue weighted by atomic mass is 35.5. The van der Waals surface area contributed by atoms with Gasteiger partial charge in [-0.2, -0.15) is 4.98 Å². The molecule has 0 radical (unpaired) electrons. The van der Waals surface area contributed by atoms with Crippen molar-refractivity contribution in [2.45, 2.75) is 50.4 Å². The number of allylic oxidation sites excluding steroid dienone is 1. The number of nitrogens with zero attached hydrogens (tertiary/aromatic N) is 3. The van der Waals surface area contributed by atoms with Crippen molar-refractivity contribution in [3.63, 3.8) is 0 Å². The summed E-state index contributed by atoms with van der Waals surface area (Å²) in [6, 6.07) is 21.0. The lowest BCUT2D eigenvalue weighted by Gasteiger charge is -2.28. The Labute approximate surface area is 241 Å². The third kappa shape index (κ3) is 6.32. The molecule has 1 aromatic heterocycles. The van der Waals surface area contributed by atoms with Crippen molar-refractivity contribution in [2.75, 3.05) is 5.32 Å². The molecule has 5 rings (SSSR count). The van der Waals surface area contributed by atoms with Crippen molar-refractivity contribution in [2.24, 2.45) is 0 Å². The number of ether oxygens (including phenoxy) is 2. The number of rotatable bonds is 9. The number of hydrogen-bond acceptors (Lipinski definition) is 7. The maximum atomic E-state index is 14.2. The van der Waals surface area contributed by atoms with Gasteiger partial charge in [0.2, 0.25) is 11.1 Å². The molecule has 0 aliphatic carbocycles. The van der Waals surface area contributed by atoms with Crippen LogP contribution in [0.15, 0.2) is 89.2 Å². The predicted octanol–water partition coefficient (Wildman–Crippen LogP) is 7.18. The second kappa shape index (κ2) is 12.1. The van der Waals surface area contributed by atoms with Gasteiger partial charge in [-0.15, -0.1) is 5.10 Å². The summed E-state index contributed by atoms with van der Waals surface area (Å²) >= 11 is 7.32. The molecule has 1 N–H and O–H groups in total. The molecular formula is C30H28ClFN4O3S. The lowest BCUT2D eigenvalue weighted by atomic mass is 9.95. The van der Waals surface area contributed by atoms with Crippen LogP contribution in [0.3, 0.4) is 0 Å². The molecule has 1 aliphatic rings. The number of benzene rings is 3. The zero-order chi connectivity index (χ0) is 28.2. The van der Waals surface area contributed by atoms with Gasteiger partial charge in [-0.05, 0) is 67.8 Å². The Balaban J connectivity index is 1.46. The molecule has 7 nitrogen and oxygen atoms in total. The molecule has 0 spiro atoms. The summed E-state index contributed by atoms with van der Waals surface area (Å²) < 4.78 is 27.5. The van der Waals surface area contributed by atoms with Gasteiger partial charge >= 0.3 is 5.97 Å². The van der Waals surface area contributed by atoms with E-state index in [0.717, 1.165) is 11.1 Å². The predicted molar refractivity (Wildman–Crippen MR) is 154 cm³/mol. The van der Waals surface area contributed by atoms with Crippen molar-refractivity contribution in [3.05, 3.63) is 112 Å². The summed E-state index contributed by atoms with van der Waals surface area (Å²) in [6.45, 7) is 5.79. The molecule has 0 saturated heterocycles. The number of carbonyl (C=O) groups excluding carboxylic acids is 1. The highest BCUT2D eigenvalue weighted by Crippen LogP contribution is 2.38. The molecule has 40 heavy (non-hydrogen) atoms. The normalized spacial score (nSPS) is 14.6. The van der Waals surface area contributed by atoms with Crippen LogP contribution < -0.4 is 10.1 Å². The lowest BCUT2D eigenvalue weighted by molar-refractivity contribution is -0.143. The highest BCUT2D eigenvalue weighted by molar-refractivity contribution is 7.98. The summed E-state index contributed by atoms with van der Waals surface area (Å²) in [6.07, 6.45) is -0.300. The molecule has 0 amide bonds. The van der Waals surface area contributed by atoms with E-state index in [9.17, 15) is 9.18 Å². The first-order valence-corrected chi connectivity index (χ1v) is 14.1. The lowest BCUT2D eigenvalue weighted by Crippen LogP contribution is -2.30. The van der Waals surface area contributed by atoms with E-state index in [0.29, 0.717) is 51.1 Å². The molecule has 0 fully saturated rings. The van der Waals surface area contributed by atoms with E-state index in [4.69, 9.17) is 26.2 Å². The van der Waals surface area contributed by atoms with Crippen LogP contribution in [0.5, 0.6) is 5.75 Å². The van der Waals surface area contributed by atoms with Gasteiger partial charge in [-0.3, -0.25) is 0 Å². The molecule has 4 aromatic rings. The smallest absolute Gasteiger partial charge is 0.338 e. The van der Waals surface area contributed by atoms with Crippen LogP contribution in [0.1, 0.15) is 43.5 Å². The van der Waals surface area contributed by atoms with E-state index in [1.807, 2.05) is 69.3 Å². The first-order valence-electron chi connectivity index (χ1n) is 12.8. The quantitative estimate of drug-likeness (QED) is 0.166. The first-order chi connectivity index (χ1) is 19.3. The number of carbonyl (C=O) groups is 1. The SMILES string of the molecule is CC1=C(C(=O)OC(C)C)C(c2cccc(OCc3ccc(Cl)cc3)c2)n2nc(SCc3ccccc3F)nc2N1. The van der Waals surface area contributed by atoms with Crippen molar-refractivity contribution in [1.29, 1.82) is 0 Å². The maximum Gasteiger partial charge on any atom is 0.338 e. The maximum absolute atomic E-state index is 14.2. The standard InChI is InChI=1S/C30H28ClFN4O3S/c1-18(2)39-28(37)26-19(3)33-29-34-30(40-17-22-7-4-5-10-25(22)32)35-36(29)27(26)21-8-6-9-24(15-21)38-16-20-11-13-23(31)14-12-20/h4-15,18,27H,16-17H2,1-3H3,(H,33,34,35). The van der Waals surface area contributed by atoms with Gasteiger partial charge in [0.15, 0.2) is 0 Å². The van der Waals surface area contributed by atoms with Gasteiger partial charge in [0.05, 0.1) is 11.7 Å². The molecule has 0 bridgehead atoms. The van der Waals surface area contributed by atoms with E-state index < -0.39 is 12.0 Å². The van der Waals surface area contributed by atoms with E-state index >= 15 is 0 Å². The Morgan fingerprint density at radius 1 is 1.12 bits per heavy atom. The molecule has 10 heteroatoms. The van der Waals surface area contributed by atoms with E-state index in [1.165, 1.54) is 17.8 Å². The zero-order valence-electron chi connectivity index (χ0n) is 22.2.